The van der Waals surface area contributed by atoms with E-state index in [0.717, 1.165) is 11.3 Å². The van der Waals surface area contributed by atoms with Crippen molar-refractivity contribution in [1.82, 2.24) is 9.97 Å². The predicted molar refractivity (Wildman–Crippen MR) is 95.6 cm³/mol. The molecule has 6 heteroatoms. The number of aryl methyl sites for hydroxylation is 1. The van der Waals surface area contributed by atoms with Crippen LogP contribution < -0.4 is 10.6 Å². The maximum Gasteiger partial charge on any atom is 0.258 e. The van der Waals surface area contributed by atoms with Gasteiger partial charge >= 0.3 is 0 Å². The molecular formula is C19H15N5O. The van der Waals surface area contributed by atoms with Crippen LogP contribution in [0.15, 0.2) is 60.9 Å². The molecule has 0 radical (unpaired) electrons. The van der Waals surface area contributed by atoms with E-state index in [1.54, 1.807) is 24.3 Å². The molecule has 1 aromatic heterocycles. The molecule has 122 valence electrons. The van der Waals surface area contributed by atoms with Gasteiger partial charge in [-0.1, -0.05) is 29.8 Å². The summed E-state index contributed by atoms with van der Waals surface area (Å²) in [4.78, 5) is 20.6. The molecule has 0 aliphatic carbocycles. The summed E-state index contributed by atoms with van der Waals surface area (Å²) >= 11 is 0. The number of amides is 1. The fourth-order valence-electron chi connectivity index (χ4n) is 2.16. The highest BCUT2D eigenvalue weighted by atomic mass is 16.1. The van der Waals surface area contributed by atoms with Crippen molar-refractivity contribution in [2.24, 2.45) is 0 Å². The molecule has 25 heavy (non-hydrogen) atoms. The summed E-state index contributed by atoms with van der Waals surface area (Å²) in [5.74, 6) is 0.0300. The molecule has 3 aromatic rings. The van der Waals surface area contributed by atoms with E-state index in [0.29, 0.717) is 22.8 Å². The van der Waals surface area contributed by atoms with Crippen molar-refractivity contribution in [3.05, 3.63) is 77.6 Å². The number of para-hydroxylation sites is 1. The smallest absolute Gasteiger partial charge is 0.258 e. The Hall–Kier alpha value is -3.72. The van der Waals surface area contributed by atoms with Crippen LogP contribution in [0, 0.1) is 18.3 Å². The summed E-state index contributed by atoms with van der Waals surface area (Å²) < 4.78 is 0. The highest BCUT2D eigenvalue weighted by Crippen LogP contribution is 2.16. The molecule has 1 amide bonds. The summed E-state index contributed by atoms with van der Waals surface area (Å²) in [5, 5.41) is 14.8. The third-order valence-electron chi connectivity index (χ3n) is 3.52. The number of hydrogen-bond donors (Lipinski definition) is 2. The number of nitrogens with one attached hydrogen (secondary N) is 2. The molecule has 0 aliphatic rings. The standard InChI is InChI=1S/C19H15N5O/c1-13-6-8-16(9-7-13)23-19-21-11-15(12-22-19)18(25)24-17-5-3-2-4-14(17)10-20/h2-9,11-12H,1H3,(H,24,25)(H,21,22,23). The maximum absolute atomic E-state index is 12.3. The Morgan fingerprint density at radius 2 is 1.72 bits per heavy atom. The average molecular weight is 329 g/mol. The Kier molecular flexibility index (Phi) is 4.67. The van der Waals surface area contributed by atoms with Crippen LogP contribution in [-0.2, 0) is 0 Å². The van der Waals surface area contributed by atoms with Crippen molar-refractivity contribution in [3.63, 3.8) is 0 Å². The Morgan fingerprint density at radius 1 is 1.04 bits per heavy atom. The van der Waals surface area contributed by atoms with Crippen LogP contribution >= 0.6 is 0 Å². The highest BCUT2D eigenvalue weighted by molar-refractivity contribution is 6.04. The normalized spacial score (nSPS) is 9.92. The van der Waals surface area contributed by atoms with Gasteiger partial charge in [0.1, 0.15) is 6.07 Å². The van der Waals surface area contributed by atoms with Gasteiger partial charge in [-0.05, 0) is 31.2 Å². The lowest BCUT2D eigenvalue weighted by molar-refractivity contribution is 0.102. The van der Waals surface area contributed by atoms with Gasteiger partial charge in [0.05, 0.1) is 16.8 Å². The fraction of sp³-hybridized carbons (Fsp3) is 0.0526. The number of hydrogen-bond acceptors (Lipinski definition) is 5. The molecule has 3 rings (SSSR count). The highest BCUT2D eigenvalue weighted by Gasteiger charge is 2.10. The van der Waals surface area contributed by atoms with E-state index in [1.807, 2.05) is 37.3 Å². The molecule has 1 heterocycles. The minimum absolute atomic E-state index is 0.308. The molecular weight excluding hydrogens is 314 g/mol. The first-order valence-electron chi connectivity index (χ1n) is 7.62. The van der Waals surface area contributed by atoms with Gasteiger partial charge < -0.3 is 10.6 Å². The van der Waals surface area contributed by atoms with Crippen LogP contribution in [-0.4, -0.2) is 15.9 Å². The van der Waals surface area contributed by atoms with Crippen molar-refractivity contribution >= 4 is 23.2 Å². The van der Waals surface area contributed by atoms with Crippen molar-refractivity contribution in [2.75, 3.05) is 10.6 Å². The van der Waals surface area contributed by atoms with Crippen LogP contribution in [0.25, 0.3) is 0 Å². The lowest BCUT2D eigenvalue weighted by Gasteiger charge is -2.08. The van der Waals surface area contributed by atoms with Gasteiger partial charge in [0.2, 0.25) is 5.95 Å². The van der Waals surface area contributed by atoms with Crippen molar-refractivity contribution in [1.29, 1.82) is 5.26 Å². The molecule has 2 aromatic carbocycles. The van der Waals surface area contributed by atoms with Gasteiger partial charge in [-0.3, -0.25) is 4.79 Å². The largest absolute Gasteiger partial charge is 0.324 e. The SMILES string of the molecule is Cc1ccc(Nc2ncc(C(=O)Nc3ccccc3C#N)cn2)cc1. The second-order valence-electron chi connectivity index (χ2n) is 5.40. The zero-order valence-electron chi connectivity index (χ0n) is 13.5. The Labute approximate surface area is 145 Å². The second kappa shape index (κ2) is 7.23. The van der Waals surface area contributed by atoms with Crippen molar-refractivity contribution in [2.45, 2.75) is 6.92 Å². The average Bonchev–Trinajstić information content (AvgIpc) is 2.64. The lowest BCUT2D eigenvalue weighted by atomic mass is 10.2. The van der Waals surface area contributed by atoms with E-state index in [9.17, 15) is 4.79 Å². The molecule has 0 aliphatic heterocycles. The quantitative estimate of drug-likeness (QED) is 0.762. The summed E-state index contributed by atoms with van der Waals surface area (Å²) in [6.45, 7) is 2.01. The maximum atomic E-state index is 12.3. The topological polar surface area (TPSA) is 90.7 Å². The molecule has 0 atom stereocenters. The van der Waals surface area contributed by atoms with Gasteiger partial charge in [0.15, 0.2) is 0 Å². The fourth-order valence-corrected chi connectivity index (χ4v) is 2.16. The zero-order valence-corrected chi connectivity index (χ0v) is 13.5. The first kappa shape index (κ1) is 16.1. The Bertz CT molecular complexity index is 927. The van der Waals surface area contributed by atoms with E-state index >= 15 is 0 Å². The first-order valence-corrected chi connectivity index (χ1v) is 7.62. The molecule has 0 spiro atoms. The minimum Gasteiger partial charge on any atom is -0.324 e. The monoisotopic (exact) mass is 329 g/mol. The molecule has 6 nitrogen and oxygen atoms in total. The number of carbonyl (C=O) groups is 1. The van der Waals surface area contributed by atoms with Crippen molar-refractivity contribution < 1.29 is 4.79 Å². The van der Waals surface area contributed by atoms with Crippen LogP contribution in [0.1, 0.15) is 21.5 Å². The molecule has 2 N–H and O–H groups in total. The summed E-state index contributed by atoms with van der Waals surface area (Å²) in [6, 6.07) is 16.7. The van der Waals surface area contributed by atoms with E-state index < -0.39 is 0 Å². The van der Waals surface area contributed by atoms with Crippen LogP contribution in [0.2, 0.25) is 0 Å². The van der Waals surface area contributed by atoms with Gasteiger partial charge in [-0.15, -0.1) is 0 Å². The second-order valence-corrected chi connectivity index (χ2v) is 5.40. The molecule has 0 saturated carbocycles. The zero-order chi connectivity index (χ0) is 17.6. The number of aromatic nitrogens is 2. The molecule has 0 saturated heterocycles. The number of nitriles is 1. The molecule has 0 bridgehead atoms. The number of anilines is 3. The lowest BCUT2D eigenvalue weighted by Crippen LogP contribution is -2.14. The first-order chi connectivity index (χ1) is 12.2. The summed E-state index contributed by atoms with van der Waals surface area (Å²) in [5.41, 5.74) is 3.19. The number of benzene rings is 2. The van der Waals surface area contributed by atoms with Crippen LogP contribution in [0.5, 0.6) is 0 Å². The molecule has 0 unspecified atom stereocenters. The number of nitrogens with zero attached hydrogens (tertiary/aromatic N) is 3. The third-order valence-corrected chi connectivity index (χ3v) is 3.52. The minimum atomic E-state index is -0.371. The number of rotatable bonds is 4. The molecule has 0 fully saturated rings. The van der Waals surface area contributed by atoms with Crippen molar-refractivity contribution in [3.8, 4) is 6.07 Å². The summed E-state index contributed by atoms with van der Waals surface area (Å²) in [6.07, 6.45) is 2.88. The van der Waals surface area contributed by atoms with E-state index in [2.05, 4.69) is 20.6 Å². The van der Waals surface area contributed by atoms with E-state index in [4.69, 9.17) is 5.26 Å². The number of carbonyl (C=O) groups excluding carboxylic acids is 1. The van der Waals surface area contributed by atoms with Crippen LogP contribution in [0.4, 0.5) is 17.3 Å². The predicted octanol–water partition coefficient (Wildman–Crippen LogP) is 3.65. The Balaban J connectivity index is 1.70. The van der Waals surface area contributed by atoms with Gasteiger partial charge in [-0.25, -0.2) is 9.97 Å². The van der Waals surface area contributed by atoms with Gasteiger partial charge in [-0.2, -0.15) is 5.26 Å². The van der Waals surface area contributed by atoms with Crippen LogP contribution in [0.3, 0.4) is 0 Å². The van der Waals surface area contributed by atoms with Gasteiger partial charge in [0.25, 0.3) is 5.91 Å². The Morgan fingerprint density at radius 3 is 2.40 bits per heavy atom. The summed E-state index contributed by atoms with van der Waals surface area (Å²) in [7, 11) is 0. The van der Waals surface area contributed by atoms with E-state index in [-0.39, 0.29) is 5.91 Å². The van der Waals surface area contributed by atoms with E-state index in [1.165, 1.54) is 12.4 Å². The van der Waals surface area contributed by atoms with Gasteiger partial charge in [0, 0.05) is 18.1 Å². The third kappa shape index (κ3) is 3.98.